The number of hydrogen-bond acceptors (Lipinski definition) is 5. The molecule has 2 rings (SSSR count). The SMILES string of the molecule is CC(=O)ON(C)C(=O)N1CCC(=Cc2cc(C(C)(C)C)c(O)c(C(C)(C)C)c2)C1=O. The van der Waals surface area contributed by atoms with Crippen LogP contribution in [-0.4, -0.2) is 46.6 Å². The quantitative estimate of drug-likeness (QED) is 0.549. The van der Waals surface area contributed by atoms with Gasteiger partial charge >= 0.3 is 12.0 Å². The zero-order chi connectivity index (χ0) is 23.0. The van der Waals surface area contributed by atoms with Crippen LogP contribution in [0.4, 0.5) is 4.79 Å². The molecule has 3 amide bonds. The largest absolute Gasteiger partial charge is 0.507 e. The monoisotopic (exact) mass is 416 g/mol. The van der Waals surface area contributed by atoms with E-state index in [9.17, 15) is 19.5 Å². The number of aromatic hydroxyl groups is 1. The van der Waals surface area contributed by atoms with Crippen LogP contribution in [0.3, 0.4) is 0 Å². The van der Waals surface area contributed by atoms with Crippen LogP contribution in [-0.2, 0) is 25.3 Å². The number of imide groups is 1. The average molecular weight is 417 g/mol. The van der Waals surface area contributed by atoms with Gasteiger partial charge in [0.2, 0.25) is 0 Å². The molecular formula is C23H32N2O5. The van der Waals surface area contributed by atoms with Crippen LogP contribution in [0.1, 0.15) is 71.6 Å². The third-order valence-corrected chi connectivity index (χ3v) is 4.98. The third-order valence-electron chi connectivity index (χ3n) is 4.98. The van der Waals surface area contributed by atoms with E-state index in [0.29, 0.717) is 12.0 Å². The number of carbonyl (C=O) groups is 3. The van der Waals surface area contributed by atoms with Crippen LogP contribution >= 0.6 is 0 Å². The highest BCUT2D eigenvalue weighted by atomic mass is 16.7. The summed E-state index contributed by atoms with van der Waals surface area (Å²) in [5.74, 6) is -0.779. The van der Waals surface area contributed by atoms with Gasteiger partial charge in [-0.1, -0.05) is 41.5 Å². The van der Waals surface area contributed by atoms with E-state index in [2.05, 4.69) is 0 Å². The van der Waals surface area contributed by atoms with Gasteiger partial charge in [-0.05, 0) is 41.0 Å². The van der Waals surface area contributed by atoms with Gasteiger partial charge in [0.1, 0.15) is 5.75 Å². The Labute approximate surface area is 178 Å². The summed E-state index contributed by atoms with van der Waals surface area (Å²) in [5.41, 5.74) is 2.32. The number of amides is 3. The number of carbonyl (C=O) groups excluding carboxylic acids is 3. The number of phenolic OH excluding ortho intramolecular Hbond substituents is 1. The lowest BCUT2D eigenvalue weighted by Gasteiger charge is -2.28. The highest BCUT2D eigenvalue weighted by molar-refractivity contribution is 6.08. The summed E-state index contributed by atoms with van der Waals surface area (Å²) in [6.45, 7) is 13.6. The summed E-state index contributed by atoms with van der Waals surface area (Å²) in [7, 11) is 1.30. The number of benzene rings is 1. The zero-order valence-electron chi connectivity index (χ0n) is 19.1. The Kier molecular flexibility index (Phi) is 6.35. The number of urea groups is 1. The van der Waals surface area contributed by atoms with Crippen LogP contribution in [0.2, 0.25) is 0 Å². The van der Waals surface area contributed by atoms with E-state index in [0.717, 1.165) is 26.7 Å². The predicted molar refractivity (Wildman–Crippen MR) is 115 cm³/mol. The highest BCUT2D eigenvalue weighted by Gasteiger charge is 2.34. The van der Waals surface area contributed by atoms with E-state index in [-0.39, 0.29) is 23.1 Å². The van der Waals surface area contributed by atoms with E-state index in [1.54, 1.807) is 6.08 Å². The number of hydrogen-bond donors (Lipinski definition) is 1. The van der Waals surface area contributed by atoms with Gasteiger partial charge < -0.3 is 9.94 Å². The van der Waals surface area contributed by atoms with Crippen LogP contribution in [0.25, 0.3) is 6.08 Å². The molecule has 30 heavy (non-hydrogen) atoms. The smallest absolute Gasteiger partial charge is 0.359 e. The lowest BCUT2D eigenvalue weighted by atomic mass is 9.78. The van der Waals surface area contributed by atoms with Crippen LogP contribution in [0.15, 0.2) is 17.7 Å². The highest BCUT2D eigenvalue weighted by Crippen LogP contribution is 2.40. The van der Waals surface area contributed by atoms with Crippen molar-refractivity contribution in [2.45, 2.75) is 65.7 Å². The summed E-state index contributed by atoms with van der Waals surface area (Å²) in [5, 5.41) is 11.6. The molecule has 0 aromatic heterocycles. The molecule has 1 heterocycles. The fourth-order valence-electron chi connectivity index (χ4n) is 3.42. The fraction of sp³-hybridized carbons (Fsp3) is 0.522. The van der Waals surface area contributed by atoms with Crippen LogP contribution < -0.4 is 0 Å². The second kappa shape index (κ2) is 8.13. The van der Waals surface area contributed by atoms with Gasteiger partial charge in [-0.2, -0.15) is 5.06 Å². The minimum atomic E-state index is -0.685. The molecule has 7 nitrogen and oxygen atoms in total. The number of phenols is 1. The molecule has 0 unspecified atom stereocenters. The van der Waals surface area contributed by atoms with Crippen molar-refractivity contribution in [3.63, 3.8) is 0 Å². The van der Waals surface area contributed by atoms with E-state index >= 15 is 0 Å². The van der Waals surface area contributed by atoms with Gasteiger partial charge in [0.25, 0.3) is 5.91 Å². The molecule has 1 fully saturated rings. The molecule has 1 N–H and O–H groups in total. The lowest BCUT2D eigenvalue weighted by Crippen LogP contribution is -2.42. The maximum atomic E-state index is 12.8. The number of rotatable bonds is 1. The van der Waals surface area contributed by atoms with E-state index in [4.69, 9.17) is 4.84 Å². The Bertz CT molecular complexity index is 868. The summed E-state index contributed by atoms with van der Waals surface area (Å²) in [4.78, 5) is 42.1. The van der Waals surface area contributed by atoms with Gasteiger partial charge in [-0.3, -0.25) is 14.5 Å². The van der Waals surface area contributed by atoms with E-state index < -0.39 is 17.9 Å². The lowest BCUT2D eigenvalue weighted by molar-refractivity contribution is -0.171. The van der Waals surface area contributed by atoms with E-state index in [1.807, 2.05) is 53.7 Å². The molecule has 1 saturated heterocycles. The van der Waals surface area contributed by atoms with Crippen molar-refractivity contribution in [1.29, 1.82) is 0 Å². The first-order valence-electron chi connectivity index (χ1n) is 9.99. The molecule has 0 spiro atoms. The minimum absolute atomic E-state index is 0.214. The maximum absolute atomic E-state index is 12.8. The molecule has 0 bridgehead atoms. The predicted octanol–water partition coefficient (Wildman–Crippen LogP) is 4.13. The summed E-state index contributed by atoms with van der Waals surface area (Å²) < 4.78 is 0. The first kappa shape index (κ1) is 23.4. The molecule has 1 aromatic carbocycles. The molecular weight excluding hydrogens is 384 g/mol. The molecule has 0 radical (unpaired) electrons. The molecule has 0 saturated carbocycles. The zero-order valence-corrected chi connectivity index (χ0v) is 19.1. The van der Waals surface area contributed by atoms with Crippen molar-refractivity contribution in [2.24, 2.45) is 0 Å². The first-order valence-corrected chi connectivity index (χ1v) is 9.99. The van der Waals surface area contributed by atoms with Gasteiger partial charge in [0.05, 0.1) is 7.05 Å². The summed E-state index contributed by atoms with van der Waals surface area (Å²) >= 11 is 0. The van der Waals surface area contributed by atoms with Crippen molar-refractivity contribution >= 4 is 24.0 Å². The van der Waals surface area contributed by atoms with Gasteiger partial charge in [-0.15, -0.1) is 0 Å². The minimum Gasteiger partial charge on any atom is -0.507 e. The summed E-state index contributed by atoms with van der Waals surface area (Å²) in [6, 6.07) is 3.09. The topological polar surface area (TPSA) is 87.2 Å². The Hall–Kier alpha value is -2.83. The van der Waals surface area contributed by atoms with Crippen molar-refractivity contribution in [1.82, 2.24) is 9.96 Å². The molecule has 164 valence electrons. The molecule has 7 heteroatoms. The van der Waals surface area contributed by atoms with Gasteiger partial charge in [0, 0.05) is 30.2 Å². The Morgan fingerprint density at radius 1 is 1.10 bits per heavy atom. The van der Waals surface area contributed by atoms with Crippen molar-refractivity contribution in [3.05, 3.63) is 34.4 Å². The molecule has 0 atom stereocenters. The Morgan fingerprint density at radius 2 is 1.60 bits per heavy atom. The van der Waals surface area contributed by atoms with Crippen molar-refractivity contribution < 1.29 is 24.3 Å². The standard InChI is InChI=1S/C23H32N2O5/c1-14(26)30-24(8)21(29)25-10-9-16(20(25)28)11-15-12-17(22(2,3)4)19(27)18(13-15)23(5,6)7/h11-13,27H,9-10H2,1-8H3. The second-order valence-electron chi connectivity index (χ2n) is 9.70. The van der Waals surface area contributed by atoms with Crippen LogP contribution in [0, 0.1) is 0 Å². The maximum Gasteiger partial charge on any atom is 0.359 e. The molecule has 1 aromatic rings. The Balaban J connectivity index is 2.43. The summed E-state index contributed by atoms with van der Waals surface area (Å²) in [6.07, 6.45) is 2.17. The molecule has 1 aliphatic heterocycles. The number of hydroxylamine groups is 2. The molecule has 0 aliphatic carbocycles. The Morgan fingerprint density at radius 3 is 2.03 bits per heavy atom. The van der Waals surface area contributed by atoms with Crippen LogP contribution in [0.5, 0.6) is 5.75 Å². The number of likely N-dealkylation sites (tertiary alicyclic amines) is 1. The van der Waals surface area contributed by atoms with E-state index in [1.165, 1.54) is 14.0 Å². The van der Waals surface area contributed by atoms with Crippen molar-refractivity contribution in [3.8, 4) is 5.75 Å². The second-order valence-corrected chi connectivity index (χ2v) is 9.70. The van der Waals surface area contributed by atoms with Gasteiger partial charge in [0.15, 0.2) is 0 Å². The normalized spacial score (nSPS) is 16.2. The first-order chi connectivity index (χ1) is 13.6. The average Bonchev–Trinajstić information content (AvgIpc) is 2.93. The van der Waals surface area contributed by atoms with Crippen molar-refractivity contribution in [2.75, 3.05) is 13.6 Å². The van der Waals surface area contributed by atoms with Gasteiger partial charge in [-0.25, -0.2) is 4.79 Å². The molecule has 1 aliphatic rings. The fourth-order valence-corrected chi connectivity index (χ4v) is 3.42. The third kappa shape index (κ3) is 5.01. The number of nitrogens with zero attached hydrogens (tertiary/aromatic N) is 2.